The first-order valence-corrected chi connectivity index (χ1v) is 7.07. The van der Waals surface area contributed by atoms with Crippen LogP contribution in [0.2, 0.25) is 0 Å². The highest BCUT2D eigenvalue weighted by molar-refractivity contribution is 5.94. The molecule has 1 amide bonds. The smallest absolute Gasteiger partial charge is 0.257 e. The van der Waals surface area contributed by atoms with Crippen LogP contribution >= 0.6 is 0 Å². The molecule has 0 aliphatic carbocycles. The fourth-order valence-corrected chi connectivity index (χ4v) is 2.16. The summed E-state index contributed by atoms with van der Waals surface area (Å²) in [6, 6.07) is 6.35. The Morgan fingerprint density at radius 2 is 1.65 bits per heavy atom. The summed E-state index contributed by atoms with van der Waals surface area (Å²) in [7, 11) is 0. The van der Waals surface area contributed by atoms with Crippen molar-refractivity contribution in [2.45, 2.75) is 25.8 Å². The molecule has 0 saturated carbocycles. The predicted molar refractivity (Wildman–Crippen MR) is 78.0 cm³/mol. The number of halogens is 4. The normalized spacial score (nSPS) is 12.0. The quantitative estimate of drug-likeness (QED) is 0.828. The van der Waals surface area contributed by atoms with Crippen LogP contribution in [0.25, 0.3) is 0 Å². The zero-order chi connectivity index (χ0) is 17.0. The van der Waals surface area contributed by atoms with Crippen LogP contribution in [-0.4, -0.2) is 11.9 Å². The van der Waals surface area contributed by atoms with E-state index in [1.54, 1.807) is 6.92 Å². The second-order valence-electron chi connectivity index (χ2n) is 5.26. The summed E-state index contributed by atoms with van der Waals surface area (Å²) < 4.78 is 52.9. The Hall–Kier alpha value is -2.37. The molecule has 122 valence electrons. The van der Waals surface area contributed by atoms with Crippen LogP contribution in [0, 0.1) is 23.3 Å². The number of benzene rings is 2. The molecule has 1 N–H and O–H groups in total. The van der Waals surface area contributed by atoms with Crippen molar-refractivity contribution in [2.75, 3.05) is 0 Å². The number of carbonyl (C=O) groups is 1. The Kier molecular flexibility index (Phi) is 5.36. The lowest BCUT2D eigenvalue weighted by Crippen LogP contribution is -2.34. The third-order valence-corrected chi connectivity index (χ3v) is 3.42. The van der Waals surface area contributed by atoms with E-state index in [1.807, 2.05) is 0 Å². The molecule has 0 aromatic heterocycles. The predicted octanol–water partition coefficient (Wildman–Crippen LogP) is 3.99. The molecule has 0 bridgehead atoms. The molecule has 0 spiro atoms. The lowest BCUT2D eigenvalue weighted by Gasteiger charge is -2.14. The van der Waals surface area contributed by atoms with Gasteiger partial charge in [0.15, 0.2) is 11.6 Å². The van der Waals surface area contributed by atoms with Crippen molar-refractivity contribution in [3.8, 4) is 0 Å². The number of hydrogen-bond acceptors (Lipinski definition) is 1. The van der Waals surface area contributed by atoms with Gasteiger partial charge >= 0.3 is 0 Å². The minimum atomic E-state index is -0.937. The molecule has 0 fully saturated rings. The van der Waals surface area contributed by atoms with Crippen LogP contribution in [0.4, 0.5) is 17.6 Å². The third kappa shape index (κ3) is 4.31. The van der Waals surface area contributed by atoms with Crippen molar-refractivity contribution in [1.29, 1.82) is 0 Å². The maximum Gasteiger partial charge on any atom is 0.257 e. The van der Waals surface area contributed by atoms with Gasteiger partial charge < -0.3 is 5.32 Å². The highest BCUT2D eigenvalue weighted by Crippen LogP contribution is 2.14. The summed E-state index contributed by atoms with van der Waals surface area (Å²) in [5.41, 5.74) is -0.0609. The maximum atomic E-state index is 13.5. The first-order chi connectivity index (χ1) is 10.9. The number of amides is 1. The van der Waals surface area contributed by atoms with E-state index in [4.69, 9.17) is 0 Å². The zero-order valence-corrected chi connectivity index (χ0v) is 12.4. The van der Waals surface area contributed by atoms with Gasteiger partial charge in [-0.3, -0.25) is 4.79 Å². The molecule has 0 radical (unpaired) electrons. The van der Waals surface area contributed by atoms with E-state index in [0.717, 1.165) is 24.3 Å². The van der Waals surface area contributed by atoms with Crippen LogP contribution in [0.5, 0.6) is 0 Å². The van der Waals surface area contributed by atoms with Gasteiger partial charge in [-0.25, -0.2) is 17.6 Å². The Morgan fingerprint density at radius 3 is 2.26 bits per heavy atom. The van der Waals surface area contributed by atoms with Gasteiger partial charge in [-0.1, -0.05) is 12.1 Å². The van der Waals surface area contributed by atoms with E-state index >= 15 is 0 Å². The Morgan fingerprint density at radius 1 is 1.00 bits per heavy atom. The van der Waals surface area contributed by atoms with Gasteiger partial charge in [0.05, 0.1) is 0 Å². The molecule has 0 aliphatic rings. The molecule has 2 rings (SSSR count). The highest BCUT2D eigenvalue weighted by atomic mass is 19.2. The Balaban J connectivity index is 1.95. The fraction of sp³-hybridized carbons (Fsp3) is 0.235. The first kappa shape index (κ1) is 17.0. The Bertz CT molecular complexity index is 697. The zero-order valence-electron chi connectivity index (χ0n) is 12.4. The standard InChI is InChI=1S/C17H15F4NO/c1-10(5-6-11-7-8-12(18)15(21)9-11)22-17(23)16-13(19)3-2-4-14(16)20/h2-4,7-10H,5-6H2,1H3,(H,22,23). The van der Waals surface area contributed by atoms with Gasteiger partial charge in [-0.15, -0.1) is 0 Å². The van der Waals surface area contributed by atoms with Crippen LogP contribution in [0.3, 0.4) is 0 Å². The van der Waals surface area contributed by atoms with E-state index in [9.17, 15) is 22.4 Å². The molecule has 2 aromatic rings. The summed E-state index contributed by atoms with van der Waals surface area (Å²) in [5, 5.41) is 2.49. The van der Waals surface area contributed by atoms with Crippen LogP contribution in [-0.2, 0) is 6.42 Å². The molecule has 0 saturated heterocycles. The summed E-state index contributed by atoms with van der Waals surface area (Å²) in [4.78, 5) is 11.9. The van der Waals surface area contributed by atoms with Crippen molar-refractivity contribution in [2.24, 2.45) is 0 Å². The summed E-state index contributed by atoms with van der Waals surface area (Å²) in [6.07, 6.45) is 0.797. The number of hydrogen-bond donors (Lipinski definition) is 1. The largest absolute Gasteiger partial charge is 0.349 e. The van der Waals surface area contributed by atoms with E-state index in [2.05, 4.69) is 5.32 Å². The van der Waals surface area contributed by atoms with Crippen molar-refractivity contribution in [3.05, 3.63) is 70.8 Å². The van der Waals surface area contributed by atoms with E-state index in [-0.39, 0.29) is 0 Å². The molecule has 2 aromatic carbocycles. The molecule has 0 heterocycles. The molecule has 2 nitrogen and oxygen atoms in total. The number of carbonyl (C=O) groups excluding carboxylic acids is 1. The lowest BCUT2D eigenvalue weighted by molar-refractivity contribution is 0.0930. The topological polar surface area (TPSA) is 29.1 Å². The van der Waals surface area contributed by atoms with Crippen molar-refractivity contribution < 1.29 is 22.4 Å². The minimum Gasteiger partial charge on any atom is -0.349 e. The minimum absolute atomic E-state index is 0.387. The van der Waals surface area contributed by atoms with Crippen molar-refractivity contribution in [3.63, 3.8) is 0 Å². The van der Waals surface area contributed by atoms with Gasteiger partial charge in [-0.05, 0) is 49.6 Å². The van der Waals surface area contributed by atoms with E-state index in [0.29, 0.717) is 18.4 Å². The van der Waals surface area contributed by atoms with Gasteiger partial charge in [-0.2, -0.15) is 0 Å². The van der Waals surface area contributed by atoms with Crippen molar-refractivity contribution >= 4 is 5.91 Å². The van der Waals surface area contributed by atoms with Crippen LogP contribution in [0.1, 0.15) is 29.3 Å². The number of nitrogens with one attached hydrogen (secondary N) is 1. The summed E-state index contributed by atoms with van der Waals surface area (Å²) >= 11 is 0. The van der Waals surface area contributed by atoms with Crippen LogP contribution < -0.4 is 5.32 Å². The third-order valence-electron chi connectivity index (χ3n) is 3.42. The monoisotopic (exact) mass is 325 g/mol. The molecule has 23 heavy (non-hydrogen) atoms. The Labute approximate surface area is 131 Å². The number of aryl methyl sites for hydroxylation is 1. The average molecular weight is 325 g/mol. The van der Waals surface area contributed by atoms with Gasteiger partial charge in [0.1, 0.15) is 17.2 Å². The fourth-order valence-electron chi connectivity index (χ4n) is 2.16. The highest BCUT2D eigenvalue weighted by Gasteiger charge is 2.18. The molecule has 0 aliphatic heterocycles. The molecular formula is C17H15F4NO. The summed E-state index contributed by atoms with van der Waals surface area (Å²) in [6.45, 7) is 1.66. The van der Waals surface area contributed by atoms with Gasteiger partial charge in [0.25, 0.3) is 5.91 Å². The summed E-state index contributed by atoms with van der Waals surface area (Å²) in [5.74, 6) is -4.58. The van der Waals surface area contributed by atoms with Crippen LogP contribution in [0.15, 0.2) is 36.4 Å². The average Bonchev–Trinajstić information content (AvgIpc) is 2.48. The number of rotatable bonds is 5. The molecule has 1 atom stereocenters. The lowest BCUT2D eigenvalue weighted by atomic mass is 10.1. The maximum absolute atomic E-state index is 13.5. The molecular weight excluding hydrogens is 310 g/mol. The molecule has 1 unspecified atom stereocenters. The second kappa shape index (κ2) is 7.26. The van der Waals surface area contributed by atoms with Gasteiger partial charge in [0.2, 0.25) is 0 Å². The van der Waals surface area contributed by atoms with Gasteiger partial charge in [0, 0.05) is 6.04 Å². The van der Waals surface area contributed by atoms with E-state index < -0.39 is 40.8 Å². The SMILES string of the molecule is CC(CCc1ccc(F)c(F)c1)NC(=O)c1c(F)cccc1F. The van der Waals surface area contributed by atoms with E-state index in [1.165, 1.54) is 12.1 Å². The second-order valence-corrected chi connectivity index (χ2v) is 5.26. The first-order valence-electron chi connectivity index (χ1n) is 7.07. The van der Waals surface area contributed by atoms with Crippen molar-refractivity contribution in [1.82, 2.24) is 5.32 Å². The molecule has 6 heteroatoms.